The highest BCUT2D eigenvalue weighted by atomic mass is 16.5. The van der Waals surface area contributed by atoms with Gasteiger partial charge in [0.25, 0.3) is 0 Å². The molecule has 6 nitrogen and oxygen atoms in total. The molecule has 148 valence electrons. The number of aryl methyl sites for hydroxylation is 1. The molecule has 0 aromatic carbocycles. The van der Waals surface area contributed by atoms with E-state index < -0.39 is 0 Å². The SMILES string of the molecule is CCNC(=NCC(c1ccc(C)o1)N1CCCC1)NCCCCOCC. The number of likely N-dealkylation sites (tertiary alicyclic amines) is 1. The highest BCUT2D eigenvalue weighted by molar-refractivity contribution is 5.79. The number of aliphatic imine (C=N–C) groups is 1. The number of furan rings is 1. The molecule has 1 aliphatic rings. The normalized spacial score (nSPS) is 16.8. The maximum absolute atomic E-state index is 5.92. The van der Waals surface area contributed by atoms with Crippen LogP contribution in [0.3, 0.4) is 0 Å². The molecule has 2 N–H and O–H groups in total. The molecule has 1 atom stereocenters. The highest BCUT2D eigenvalue weighted by Gasteiger charge is 2.25. The Bertz CT molecular complexity index is 524. The van der Waals surface area contributed by atoms with E-state index in [0.29, 0.717) is 6.54 Å². The van der Waals surface area contributed by atoms with Crippen LogP contribution in [0, 0.1) is 6.92 Å². The quantitative estimate of drug-likeness (QED) is 0.359. The van der Waals surface area contributed by atoms with Crippen LogP contribution in [0.1, 0.15) is 57.1 Å². The van der Waals surface area contributed by atoms with E-state index in [9.17, 15) is 0 Å². The van der Waals surface area contributed by atoms with Gasteiger partial charge in [-0.1, -0.05) is 0 Å². The number of rotatable bonds is 11. The zero-order chi connectivity index (χ0) is 18.6. The van der Waals surface area contributed by atoms with E-state index in [1.165, 1.54) is 12.8 Å². The van der Waals surface area contributed by atoms with E-state index in [-0.39, 0.29) is 6.04 Å². The van der Waals surface area contributed by atoms with Crippen LogP contribution < -0.4 is 10.6 Å². The lowest BCUT2D eigenvalue weighted by atomic mass is 10.2. The first-order chi connectivity index (χ1) is 12.7. The first-order valence-corrected chi connectivity index (χ1v) is 10.1. The van der Waals surface area contributed by atoms with Crippen molar-refractivity contribution in [3.05, 3.63) is 23.7 Å². The molecule has 0 bridgehead atoms. The molecule has 1 aliphatic heterocycles. The summed E-state index contributed by atoms with van der Waals surface area (Å²) < 4.78 is 11.3. The molecule has 0 spiro atoms. The van der Waals surface area contributed by atoms with Gasteiger partial charge in [0.15, 0.2) is 5.96 Å². The summed E-state index contributed by atoms with van der Waals surface area (Å²) in [6, 6.07) is 4.37. The fraction of sp³-hybridized carbons (Fsp3) is 0.750. The monoisotopic (exact) mass is 364 g/mol. The van der Waals surface area contributed by atoms with Crippen molar-refractivity contribution in [1.29, 1.82) is 0 Å². The Kier molecular flexibility index (Phi) is 9.56. The van der Waals surface area contributed by atoms with E-state index in [4.69, 9.17) is 14.1 Å². The van der Waals surface area contributed by atoms with Gasteiger partial charge in [0.2, 0.25) is 0 Å². The van der Waals surface area contributed by atoms with E-state index in [0.717, 1.165) is 69.7 Å². The van der Waals surface area contributed by atoms with Gasteiger partial charge in [-0.25, -0.2) is 0 Å². The molecule has 1 saturated heterocycles. The summed E-state index contributed by atoms with van der Waals surface area (Å²) in [6.45, 7) is 12.5. The molecule has 0 aliphatic carbocycles. The second-order valence-corrected chi connectivity index (χ2v) is 6.76. The highest BCUT2D eigenvalue weighted by Crippen LogP contribution is 2.26. The van der Waals surface area contributed by atoms with Crippen molar-refractivity contribution in [2.75, 3.05) is 45.9 Å². The van der Waals surface area contributed by atoms with Gasteiger partial charge in [-0.15, -0.1) is 0 Å². The zero-order valence-electron chi connectivity index (χ0n) is 16.7. The molecule has 0 amide bonds. The van der Waals surface area contributed by atoms with Crippen molar-refractivity contribution >= 4 is 5.96 Å². The lowest BCUT2D eigenvalue weighted by molar-refractivity contribution is 0.143. The summed E-state index contributed by atoms with van der Waals surface area (Å²) in [5, 5.41) is 6.78. The van der Waals surface area contributed by atoms with Crippen LogP contribution >= 0.6 is 0 Å². The van der Waals surface area contributed by atoms with Gasteiger partial charge < -0.3 is 19.8 Å². The van der Waals surface area contributed by atoms with Crippen molar-refractivity contribution in [1.82, 2.24) is 15.5 Å². The Morgan fingerprint density at radius 1 is 1.23 bits per heavy atom. The number of unbranched alkanes of at least 4 members (excludes halogenated alkanes) is 1. The minimum Gasteiger partial charge on any atom is -0.465 e. The van der Waals surface area contributed by atoms with Gasteiger partial charge in [-0.05, 0) is 71.7 Å². The van der Waals surface area contributed by atoms with Gasteiger partial charge in [-0.3, -0.25) is 9.89 Å². The van der Waals surface area contributed by atoms with Crippen LogP contribution in [-0.2, 0) is 4.74 Å². The van der Waals surface area contributed by atoms with Crippen molar-refractivity contribution < 1.29 is 9.15 Å². The second-order valence-electron chi connectivity index (χ2n) is 6.76. The van der Waals surface area contributed by atoms with Crippen molar-refractivity contribution in [3.63, 3.8) is 0 Å². The molecular weight excluding hydrogens is 328 g/mol. The lowest BCUT2D eigenvalue weighted by Gasteiger charge is -2.24. The number of nitrogens with zero attached hydrogens (tertiary/aromatic N) is 2. The van der Waals surface area contributed by atoms with Gasteiger partial charge in [-0.2, -0.15) is 0 Å². The molecule has 2 heterocycles. The standard InChI is InChI=1S/C20H36N4O2/c1-4-21-20(22-12-6-9-15-25-5-2)23-16-18(24-13-7-8-14-24)19-11-10-17(3)26-19/h10-11,18H,4-9,12-16H2,1-3H3,(H2,21,22,23). The van der Waals surface area contributed by atoms with Crippen molar-refractivity contribution in [2.45, 2.75) is 52.5 Å². The summed E-state index contributed by atoms with van der Waals surface area (Å²) in [4.78, 5) is 7.33. The predicted molar refractivity (Wildman–Crippen MR) is 107 cm³/mol. The van der Waals surface area contributed by atoms with E-state index in [2.05, 4.69) is 28.5 Å². The summed E-state index contributed by atoms with van der Waals surface area (Å²) >= 11 is 0. The number of hydrogen-bond donors (Lipinski definition) is 2. The first kappa shape index (κ1) is 20.8. The average molecular weight is 365 g/mol. The van der Waals surface area contributed by atoms with Crippen LogP contribution in [0.5, 0.6) is 0 Å². The third kappa shape index (κ3) is 7.00. The minimum atomic E-state index is 0.222. The number of guanidine groups is 1. The lowest BCUT2D eigenvalue weighted by Crippen LogP contribution is -2.39. The molecular formula is C20H36N4O2. The zero-order valence-corrected chi connectivity index (χ0v) is 16.7. The van der Waals surface area contributed by atoms with Crippen molar-refractivity contribution in [2.24, 2.45) is 4.99 Å². The molecule has 1 fully saturated rings. The van der Waals surface area contributed by atoms with Gasteiger partial charge in [0, 0.05) is 26.3 Å². The Balaban J connectivity index is 1.90. The molecule has 0 saturated carbocycles. The van der Waals surface area contributed by atoms with Crippen molar-refractivity contribution in [3.8, 4) is 0 Å². The van der Waals surface area contributed by atoms with Crippen LogP contribution in [-0.4, -0.2) is 56.8 Å². The molecule has 1 aromatic rings. The molecule has 6 heteroatoms. The molecule has 1 aromatic heterocycles. The molecule has 1 unspecified atom stereocenters. The van der Waals surface area contributed by atoms with Crippen LogP contribution in [0.25, 0.3) is 0 Å². The van der Waals surface area contributed by atoms with E-state index in [1.54, 1.807) is 0 Å². The molecule has 0 radical (unpaired) electrons. The smallest absolute Gasteiger partial charge is 0.191 e. The average Bonchev–Trinajstić information content (AvgIpc) is 3.30. The van der Waals surface area contributed by atoms with Crippen LogP contribution in [0.15, 0.2) is 21.5 Å². The fourth-order valence-corrected chi connectivity index (χ4v) is 3.27. The minimum absolute atomic E-state index is 0.222. The summed E-state index contributed by atoms with van der Waals surface area (Å²) in [6.07, 6.45) is 4.68. The maximum Gasteiger partial charge on any atom is 0.191 e. The second kappa shape index (κ2) is 12.0. The van der Waals surface area contributed by atoms with Gasteiger partial charge in [0.05, 0.1) is 12.6 Å². The third-order valence-corrected chi connectivity index (χ3v) is 4.65. The largest absolute Gasteiger partial charge is 0.465 e. The fourth-order valence-electron chi connectivity index (χ4n) is 3.27. The Morgan fingerprint density at radius 3 is 2.69 bits per heavy atom. The topological polar surface area (TPSA) is 62.0 Å². The molecule has 26 heavy (non-hydrogen) atoms. The number of hydrogen-bond acceptors (Lipinski definition) is 4. The Morgan fingerprint density at radius 2 is 2.04 bits per heavy atom. The summed E-state index contributed by atoms with van der Waals surface area (Å²) in [5.41, 5.74) is 0. The molecule has 2 rings (SSSR count). The van der Waals surface area contributed by atoms with Gasteiger partial charge >= 0.3 is 0 Å². The Hall–Kier alpha value is -1.53. The Labute approximate surface area is 158 Å². The summed E-state index contributed by atoms with van der Waals surface area (Å²) in [5.74, 6) is 2.88. The first-order valence-electron chi connectivity index (χ1n) is 10.1. The van der Waals surface area contributed by atoms with E-state index in [1.807, 2.05) is 19.9 Å². The third-order valence-electron chi connectivity index (χ3n) is 4.65. The van der Waals surface area contributed by atoms with Crippen LogP contribution in [0.2, 0.25) is 0 Å². The van der Waals surface area contributed by atoms with E-state index >= 15 is 0 Å². The number of nitrogens with one attached hydrogen (secondary N) is 2. The summed E-state index contributed by atoms with van der Waals surface area (Å²) in [7, 11) is 0. The van der Waals surface area contributed by atoms with Crippen LogP contribution in [0.4, 0.5) is 0 Å². The maximum atomic E-state index is 5.92. The number of ether oxygens (including phenoxy) is 1. The predicted octanol–water partition coefficient (Wildman–Crippen LogP) is 3.10. The van der Waals surface area contributed by atoms with Gasteiger partial charge in [0.1, 0.15) is 11.5 Å².